The van der Waals surface area contributed by atoms with E-state index in [2.05, 4.69) is 10.3 Å². The van der Waals surface area contributed by atoms with Gasteiger partial charge in [-0.25, -0.2) is 4.98 Å². The van der Waals surface area contributed by atoms with Crippen LogP contribution in [0.3, 0.4) is 0 Å². The number of aromatic nitrogens is 2. The van der Waals surface area contributed by atoms with Gasteiger partial charge in [0.15, 0.2) is 5.58 Å². The first kappa shape index (κ1) is 12.8. The number of benzene rings is 1. The molecule has 2 aromatic heterocycles. The van der Waals surface area contributed by atoms with Gasteiger partial charge in [0.1, 0.15) is 5.52 Å². The summed E-state index contributed by atoms with van der Waals surface area (Å²) >= 11 is 1.87. The molecule has 0 unspecified atom stereocenters. The predicted octanol–water partition coefficient (Wildman–Crippen LogP) is 3.82. The molecule has 0 radical (unpaired) electrons. The van der Waals surface area contributed by atoms with Gasteiger partial charge < -0.3 is 9.73 Å². The lowest BCUT2D eigenvalue weighted by Gasteiger charge is -2.06. The molecule has 1 aliphatic carbocycles. The molecule has 0 bridgehead atoms. The molecular formula is C16H17N3OS. The van der Waals surface area contributed by atoms with Crippen LogP contribution < -0.4 is 5.32 Å². The Morgan fingerprint density at radius 1 is 1.14 bits per heavy atom. The summed E-state index contributed by atoms with van der Waals surface area (Å²) in [5.41, 5.74) is 3.05. The van der Waals surface area contributed by atoms with Crippen molar-refractivity contribution in [3.8, 4) is 0 Å². The van der Waals surface area contributed by atoms with Crippen LogP contribution in [0.25, 0.3) is 11.1 Å². The Morgan fingerprint density at radius 2 is 2.05 bits per heavy atom. The highest BCUT2D eigenvalue weighted by Gasteiger charge is 2.14. The van der Waals surface area contributed by atoms with Crippen LogP contribution in [-0.4, -0.2) is 16.5 Å². The van der Waals surface area contributed by atoms with Gasteiger partial charge in [0, 0.05) is 17.8 Å². The molecule has 4 rings (SSSR count). The summed E-state index contributed by atoms with van der Waals surface area (Å²) in [6.45, 7) is 0.805. The summed E-state index contributed by atoms with van der Waals surface area (Å²) < 4.78 is 5.65. The Hall–Kier alpha value is -1.88. The van der Waals surface area contributed by atoms with E-state index in [1.807, 2.05) is 35.6 Å². The second-order valence-corrected chi connectivity index (χ2v) is 6.52. The SMILES string of the molecule is c1ccc2oc(NCCc3nc4c(s3)CCCC4)nc2c1. The normalized spacial score (nSPS) is 14.3. The van der Waals surface area contributed by atoms with E-state index < -0.39 is 0 Å². The number of thiazole rings is 1. The third kappa shape index (κ3) is 2.65. The highest BCUT2D eigenvalue weighted by Crippen LogP contribution is 2.27. The van der Waals surface area contributed by atoms with E-state index in [0.717, 1.165) is 30.5 Å². The van der Waals surface area contributed by atoms with E-state index in [4.69, 9.17) is 9.40 Å². The van der Waals surface area contributed by atoms with Crippen molar-refractivity contribution in [3.05, 3.63) is 39.8 Å². The van der Waals surface area contributed by atoms with Gasteiger partial charge in [0.25, 0.3) is 6.01 Å². The van der Waals surface area contributed by atoms with Crippen LogP contribution in [0.15, 0.2) is 28.7 Å². The van der Waals surface area contributed by atoms with Crippen molar-refractivity contribution in [3.63, 3.8) is 0 Å². The number of nitrogens with zero attached hydrogens (tertiary/aromatic N) is 2. The first-order valence-electron chi connectivity index (χ1n) is 7.45. The number of oxazole rings is 1. The number of aryl methyl sites for hydroxylation is 2. The highest BCUT2D eigenvalue weighted by atomic mass is 32.1. The Morgan fingerprint density at radius 3 is 2.95 bits per heavy atom. The minimum Gasteiger partial charge on any atom is -0.424 e. The van der Waals surface area contributed by atoms with Crippen LogP contribution in [0, 0.1) is 0 Å². The fourth-order valence-electron chi connectivity index (χ4n) is 2.74. The average molecular weight is 299 g/mol. The molecular weight excluding hydrogens is 282 g/mol. The van der Waals surface area contributed by atoms with Gasteiger partial charge in [-0.1, -0.05) is 12.1 Å². The quantitative estimate of drug-likeness (QED) is 0.795. The zero-order valence-electron chi connectivity index (χ0n) is 11.8. The molecule has 0 fully saturated rings. The monoisotopic (exact) mass is 299 g/mol. The molecule has 108 valence electrons. The van der Waals surface area contributed by atoms with E-state index >= 15 is 0 Å². The lowest BCUT2D eigenvalue weighted by molar-refractivity contribution is 0.614. The summed E-state index contributed by atoms with van der Waals surface area (Å²) in [6.07, 6.45) is 5.90. The van der Waals surface area contributed by atoms with E-state index in [1.165, 1.54) is 34.8 Å². The van der Waals surface area contributed by atoms with Gasteiger partial charge in [-0.15, -0.1) is 11.3 Å². The Labute approximate surface area is 127 Å². The summed E-state index contributed by atoms with van der Waals surface area (Å²) in [6, 6.07) is 8.41. The standard InChI is InChI=1S/C16H17N3OS/c1-3-7-13-11(5-1)19-16(20-13)17-10-9-15-18-12-6-2-4-8-14(12)21-15/h1,3,5,7H,2,4,6,8-10H2,(H,17,19). The van der Waals surface area contributed by atoms with E-state index in [9.17, 15) is 0 Å². The van der Waals surface area contributed by atoms with Crippen LogP contribution in [0.5, 0.6) is 0 Å². The summed E-state index contributed by atoms with van der Waals surface area (Å²) in [4.78, 5) is 10.7. The van der Waals surface area contributed by atoms with Crippen molar-refractivity contribution in [2.24, 2.45) is 0 Å². The number of hydrogen-bond acceptors (Lipinski definition) is 5. The summed E-state index contributed by atoms with van der Waals surface area (Å²) in [7, 11) is 0. The first-order valence-corrected chi connectivity index (χ1v) is 8.27. The van der Waals surface area contributed by atoms with Crippen molar-refractivity contribution < 1.29 is 4.42 Å². The van der Waals surface area contributed by atoms with Crippen molar-refractivity contribution in [1.82, 2.24) is 9.97 Å². The highest BCUT2D eigenvalue weighted by molar-refractivity contribution is 7.11. The molecule has 0 saturated carbocycles. The second kappa shape index (κ2) is 5.48. The molecule has 5 heteroatoms. The third-order valence-electron chi connectivity index (χ3n) is 3.80. The molecule has 0 saturated heterocycles. The van der Waals surface area contributed by atoms with Gasteiger partial charge >= 0.3 is 0 Å². The smallest absolute Gasteiger partial charge is 0.295 e. The third-order valence-corrected chi connectivity index (χ3v) is 5.02. The van der Waals surface area contributed by atoms with Gasteiger partial charge in [0.2, 0.25) is 0 Å². The molecule has 0 amide bonds. The Bertz CT molecular complexity index is 705. The van der Waals surface area contributed by atoms with Gasteiger partial charge in [0.05, 0.1) is 10.7 Å². The van der Waals surface area contributed by atoms with Crippen molar-refractivity contribution in [1.29, 1.82) is 0 Å². The summed E-state index contributed by atoms with van der Waals surface area (Å²) in [5.74, 6) is 0. The molecule has 2 heterocycles. The number of hydrogen-bond donors (Lipinski definition) is 1. The number of nitrogens with one attached hydrogen (secondary N) is 1. The van der Waals surface area contributed by atoms with E-state index in [0.29, 0.717) is 6.01 Å². The number of fused-ring (bicyclic) bond motifs is 2. The Balaban J connectivity index is 1.39. The fraction of sp³-hybridized carbons (Fsp3) is 0.375. The molecule has 4 nitrogen and oxygen atoms in total. The van der Waals surface area contributed by atoms with Gasteiger partial charge in [-0.3, -0.25) is 0 Å². The second-order valence-electron chi connectivity index (χ2n) is 5.35. The van der Waals surface area contributed by atoms with Crippen LogP contribution >= 0.6 is 11.3 Å². The maximum Gasteiger partial charge on any atom is 0.295 e. The molecule has 0 spiro atoms. The largest absolute Gasteiger partial charge is 0.424 e. The minimum atomic E-state index is 0.595. The molecule has 21 heavy (non-hydrogen) atoms. The van der Waals surface area contributed by atoms with Crippen LogP contribution in [0.1, 0.15) is 28.4 Å². The maximum absolute atomic E-state index is 5.65. The lowest BCUT2D eigenvalue weighted by atomic mass is 10.0. The molecule has 1 N–H and O–H groups in total. The molecule has 0 atom stereocenters. The topological polar surface area (TPSA) is 51.0 Å². The lowest BCUT2D eigenvalue weighted by Crippen LogP contribution is -2.05. The number of anilines is 1. The van der Waals surface area contributed by atoms with Crippen molar-refractivity contribution in [2.45, 2.75) is 32.1 Å². The molecule has 3 aromatic rings. The average Bonchev–Trinajstić information content (AvgIpc) is 3.09. The van der Waals surface area contributed by atoms with E-state index in [1.54, 1.807) is 0 Å². The fourth-order valence-corrected chi connectivity index (χ4v) is 3.89. The van der Waals surface area contributed by atoms with Crippen molar-refractivity contribution >= 4 is 28.5 Å². The Kier molecular flexibility index (Phi) is 3.35. The summed E-state index contributed by atoms with van der Waals surface area (Å²) in [5, 5.41) is 4.48. The van der Waals surface area contributed by atoms with Crippen molar-refractivity contribution in [2.75, 3.05) is 11.9 Å². The molecule has 1 aliphatic rings. The zero-order chi connectivity index (χ0) is 14.1. The first-order chi connectivity index (χ1) is 10.4. The zero-order valence-corrected chi connectivity index (χ0v) is 12.6. The van der Waals surface area contributed by atoms with Gasteiger partial charge in [-0.05, 0) is 37.8 Å². The van der Waals surface area contributed by atoms with Crippen LogP contribution in [0.4, 0.5) is 6.01 Å². The van der Waals surface area contributed by atoms with Crippen LogP contribution in [-0.2, 0) is 19.3 Å². The minimum absolute atomic E-state index is 0.595. The maximum atomic E-state index is 5.65. The molecule has 0 aliphatic heterocycles. The molecule has 1 aromatic carbocycles. The van der Waals surface area contributed by atoms with E-state index in [-0.39, 0.29) is 0 Å². The predicted molar refractivity (Wildman–Crippen MR) is 85.0 cm³/mol. The van der Waals surface area contributed by atoms with Crippen LogP contribution in [0.2, 0.25) is 0 Å². The number of rotatable bonds is 4. The number of para-hydroxylation sites is 2. The van der Waals surface area contributed by atoms with Gasteiger partial charge in [-0.2, -0.15) is 4.98 Å².